The van der Waals surface area contributed by atoms with Gasteiger partial charge in [0.2, 0.25) is 11.8 Å². The number of hydrogen-bond donors (Lipinski definition) is 1. The SMILES string of the molecule is CC/C(=C\CN(CC)C(=O)OC(C)(C)C)C1=CC=C(CC2CCC(=O)NC2=O)C=CC1. The average Bonchev–Trinajstić information content (AvgIpc) is 2.92. The molecule has 1 fully saturated rings. The van der Waals surface area contributed by atoms with Crippen molar-refractivity contribution in [3.8, 4) is 0 Å². The molecule has 0 bridgehead atoms. The molecule has 6 heteroatoms. The molecular formula is C25H36N2O4. The maximum Gasteiger partial charge on any atom is 0.410 e. The van der Waals surface area contributed by atoms with E-state index in [1.807, 2.05) is 27.7 Å². The van der Waals surface area contributed by atoms with Crippen LogP contribution in [-0.4, -0.2) is 41.5 Å². The molecule has 0 aromatic rings. The van der Waals surface area contributed by atoms with Crippen LogP contribution in [0.2, 0.25) is 0 Å². The van der Waals surface area contributed by atoms with Crippen LogP contribution in [-0.2, 0) is 14.3 Å². The van der Waals surface area contributed by atoms with Gasteiger partial charge in [0, 0.05) is 25.4 Å². The highest BCUT2D eigenvalue weighted by atomic mass is 16.6. The Bertz CT molecular complexity index is 812. The maximum absolute atomic E-state index is 12.4. The van der Waals surface area contributed by atoms with Crippen molar-refractivity contribution in [3.05, 3.63) is 47.1 Å². The van der Waals surface area contributed by atoms with Crippen molar-refractivity contribution in [2.24, 2.45) is 5.92 Å². The molecule has 0 aromatic carbocycles. The predicted molar refractivity (Wildman–Crippen MR) is 122 cm³/mol. The second-order valence-corrected chi connectivity index (χ2v) is 8.99. The fourth-order valence-corrected chi connectivity index (χ4v) is 3.64. The Balaban J connectivity index is 2.07. The molecule has 2 rings (SSSR count). The second-order valence-electron chi connectivity index (χ2n) is 8.99. The lowest BCUT2D eigenvalue weighted by Gasteiger charge is -2.26. The van der Waals surface area contributed by atoms with E-state index < -0.39 is 5.60 Å². The van der Waals surface area contributed by atoms with Gasteiger partial charge in [-0.1, -0.05) is 37.3 Å². The van der Waals surface area contributed by atoms with Gasteiger partial charge in [0.1, 0.15) is 5.60 Å². The zero-order valence-corrected chi connectivity index (χ0v) is 19.5. The smallest absolute Gasteiger partial charge is 0.410 e. The van der Waals surface area contributed by atoms with Gasteiger partial charge in [-0.25, -0.2) is 4.79 Å². The first kappa shape index (κ1) is 24.6. The van der Waals surface area contributed by atoms with Crippen molar-refractivity contribution in [3.63, 3.8) is 0 Å². The first-order valence-electron chi connectivity index (χ1n) is 11.2. The number of carbonyl (C=O) groups excluding carboxylic acids is 3. The van der Waals surface area contributed by atoms with Crippen LogP contribution in [0.5, 0.6) is 0 Å². The van der Waals surface area contributed by atoms with Gasteiger partial charge in [0.05, 0.1) is 0 Å². The summed E-state index contributed by atoms with van der Waals surface area (Å²) >= 11 is 0. The van der Waals surface area contributed by atoms with Gasteiger partial charge in [0.25, 0.3) is 0 Å². The van der Waals surface area contributed by atoms with Crippen LogP contribution in [0.3, 0.4) is 0 Å². The number of allylic oxidation sites excluding steroid dienone is 7. The Kier molecular flexibility index (Phi) is 8.84. The van der Waals surface area contributed by atoms with E-state index in [1.54, 1.807) is 4.90 Å². The zero-order valence-electron chi connectivity index (χ0n) is 19.5. The van der Waals surface area contributed by atoms with E-state index in [0.29, 0.717) is 32.4 Å². The monoisotopic (exact) mass is 428 g/mol. The van der Waals surface area contributed by atoms with Gasteiger partial charge in [-0.05, 0) is 70.1 Å². The molecule has 1 N–H and O–H groups in total. The number of hydrogen-bond acceptors (Lipinski definition) is 4. The molecule has 6 nitrogen and oxygen atoms in total. The number of ether oxygens (including phenoxy) is 1. The normalized spacial score (nSPS) is 19.9. The van der Waals surface area contributed by atoms with Crippen LogP contribution >= 0.6 is 0 Å². The molecule has 1 atom stereocenters. The summed E-state index contributed by atoms with van der Waals surface area (Å²) in [6, 6.07) is 0. The van der Waals surface area contributed by atoms with Crippen molar-refractivity contribution >= 4 is 17.9 Å². The number of rotatable bonds is 7. The summed E-state index contributed by atoms with van der Waals surface area (Å²) in [7, 11) is 0. The third-order valence-electron chi connectivity index (χ3n) is 5.39. The molecule has 1 aliphatic carbocycles. The lowest BCUT2D eigenvalue weighted by molar-refractivity contribution is -0.136. The fourth-order valence-electron chi connectivity index (χ4n) is 3.64. The van der Waals surface area contributed by atoms with Crippen molar-refractivity contribution < 1.29 is 19.1 Å². The Labute approximate surface area is 186 Å². The molecule has 0 saturated carbocycles. The van der Waals surface area contributed by atoms with Crippen molar-refractivity contribution in [1.82, 2.24) is 10.2 Å². The van der Waals surface area contributed by atoms with Crippen LogP contribution in [0, 0.1) is 5.92 Å². The predicted octanol–water partition coefficient (Wildman–Crippen LogP) is 4.84. The molecule has 0 spiro atoms. The summed E-state index contributed by atoms with van der Waals surface area (Å²) in [6.07, 6.45) is 13.5. The van der Waals surface area contributed by atoms with E-state index >= 15 is 0 Å². The molecule has 1 saturated heterocycles. The quantitative estimate of drug-likeness (QED) is 0.589. The molecule has 0 aromatic heterocycles. The van der Waals surface area contributed by atoms with Gasteiger partial charge in [-0.2, -0.15) is 0 Å². The average molecular weight is 429 g/mol. The van der Waals surface area contributed by atoms with E-state index in [0.717, 1.165) is 18.4 Å². The molecule has 0 radical (unpaired) electrons. The molecule has 1 aliphatic heterocycles. The minimum atomic E-state index is -0.514. The number of nitrogens with zero attached hydrogens (tertiary/aromatic N) is 1. The Morgan fingerprint density at radius 2 is 2.00 bits per heavy atom. The minimum absolute atomic E-state index is 0.156. The van der Waals surface area contributed by atoms with Crippen LogP contribution < -0.4 is 5.32 Å². The van der Waals surface area contributed by atoms with Crippen LogP contribution in [0.15, 0.2) is 47.1 Å². The molecular weight excluding hydrogens is 392 g/mol. The van der Waals surface area contributed by atoms with Crippen molar-refractivity contribution in [1.29, 1.82) is 0 Å². The van der Waals surface area contributed by atoms with E-state index in [1.165, 1.54) is 11.1 Å². The lowest BCUT2D eigenvalue weighted by Crippen LogP contribution is -2.40. The summed E-state index contributed by atoms with van der Waals surface area (Å²) in [5.41, 5.74) is 2.98. The molecule has 31 heavy (non-hydrogen) atoms. The van der Waals surface area contributed by atoms with E-state index in [-0.39, 0.29) is 23.8 Å². The number of nitrogens with one attached hydrogen (secondary N) is 1. The van der Waals surface area contributed by atoms with Crippen LogP contribution in [0.1, 0.15) is 66.7 Å². The third-order valence-corrected chi connectivity index (χ3v) is 5.39. The van der Waals surface area contributed by atoms with Gasteiger partial charge < -0.3 is 9.64 Å². The number of carbonyl (C=O) groups is 3. The van der Waals surface area contributed by atoms with Crippen molar-refractivity contribution in [2.45, 2.75) is 72.3 Å². The van der Waals surface area contributed by atoms with E-state index in [4.69, 9.17) is 4.74 Å². The van der Waals surface area contributed by atoms with Gasteiger partial charge in [-0.3, -0.25) is 14.9 Å². The standard InChI is InChI=1S/C25H36N2O4/c1-6-19(15-16-27(7-2)24(30)31-25(3,4)5)20-10-8-9-18(11-12-20)17-21-13-14-22(28)26-23(21)29/h8-9,11-12,15,21H,6-7,10,13-14,16-17H2,1-5H3,(H,26,28,29)/b19-15+. The number of likely N-dealkylation sites (N-methyl/N-ethyl adjacent to an activating group) is 1. The van der Waals surface area contributed by atoms with E-state index in [9.17, 15) is 14.4 Å². The topological polar surface area (TPSA) is 75.7 Å². The van der Waals surface area contributed by atoms with Gasteiger partial charge >= 0.3 is 6.09 Å². The molecule has 2 aliphatic rings. The zero-order chi connectivity index (χ0) is 23.0. The summed E-state index contributed by atoms with van der Waals surface area (Å²) in [5, 5.41) is 2.43. The highest BCUT2D eigenvalue weighted by Crippen LogP contribution is 2.26. The Hall–Kier alpha value is -2.63. The Morgan fingerprint density at radius 3 is 2.61 bits per heavy atom. The summed E-state index contributed by atoms with van der Waals surface area (Å²) in [6.45, 7) is 10.7. The largest absolute Gasteiger partial charge is 0.444 e. The molecule has 170 valence electrons. The summed E-state index contributed by atoms with van der Waals surface area (Å²) < 4.78 is 5.49. The molecule has 1 unspecified atom stereocenters. The van der Waals surface area contributed by atoms with Gasteiger partial charge in [0.15, 0.2) is 0 Å². The highest BCUT2D eigenvalue weighted by molar-refractivity contribution is 5.98. The lowest BCUT2D eigenvalue weighted by atomic mass is 9.91. The molecule has 1 heterocycles. The van der Waals surface area contributed by atoms with Crippen LogP contribution in [0.4, 0.5) is 4.79 Å². The summed E-state index contributed by atoms with van der Waals surface area (Å²) in [4.78, 5) is 37.5. The fraction of sp³-hybridized carbons (Fsp3) is 0.560. The van der Waals surface area contributed by atoms with Gasteiger partial charge in [-0.15, -0.1) is 0 Å². The highest BCUT2D eigenvalue weighted by Gasteiger charge is 2.27. The van der Waals surface area contributed by atoms with Crippen LogP contribution in [0.25, 0.3) is 0 Å². The van der Waals surface area contributed by atoms with E-state index in [2.05, 4.69) is 42.6 Å². The number of piperidine rings is 1. The number of imide groups is 1. The molecule has 3 amide bonds. The van der Waals surface area contributed by atoms with Crippen molar-refractivity contribution in [2.75, 3.05) is 13.1 Å². The first-order valence-corrected chi connectivity index (χ1v) is 11.2. The third kappa shape index (κ3) is 7.85. The Morgan fingerprint density at radius 1 is 1.26 bits per heavy atom. The first-order chi connectivity index (χ1) is 14.6. The summed E-state index contributed by atoms with van der Waals surface area (Å²) in [5.74, 6) is -0.509. The number of amides is 3. The minimum Gasteiger partial charge on any atom is -0.444 e. The second kappa shape index (κ2) is 11.1. The maximum atomic E-state index is 12.4.